The lowest BCUT2D eigenvalue weighted by molar-refractivity contribution is -0.127. The monoisotopic (exact) mass is 238 g/mol. The van der Waals surface area contributed by atoms with Gasteiger partial charge in [0, 0.05) is 12.6 Å². The Bertz CT molecular complexity index is 365. The van der Waals surface area contributed by atoms with Crippen LogP contribution in [0.25, 0.3) is 0 Å². The number of hydrogen-bond acceptors (Lipinski definition) is 2. The highest BCUT2D eigenvalue weighted by atomic mass is 16.4. The Kier molecular flexibility index (Phi) is 3.36. The first kappa shape index (κ1) is 12.0. The molecule has 5 nitrogen and oxygen atoms in total. The van der Waals surface area contributed by atoms with Gasteiger partial charge in [0.15, 0.2) is 0 Å². The summed E-state index contributed by atoms with van der Waals surface area (Å²) in [5.74, 6) is 0.0200. The van der Waals surface area contributed by atoms with Gasteiger partial charge in [-0.25, -0.2) is 4.79 Å². The van der Waals surface area contributed by atoms with E-state index in [0.29, 0.717) is 6.54 Å². The molecule has 2 rings (SSSR count). The van der Waals surface area contributed by atoms with Crippen molar-refractivity contribution in [3.63, 3.8) is 0 Å². The molecule has 1 aliphatic heterocycles. The molecule has 0 spiro atoms. The molecule has 0 radical (unpaired) electrons. The van der Waals surface area contributed by atoms with Crippen LogP contribution in [-0.2, 0) is 4.79 Å². The van der Waals surface area contributed by atoms with E-state index in [4.69, 9.17) is 5.11 Å². The number of rotatable bonds is 2. The second-order valence-electron chi connectivity index (χ2n) is 4.86. The molecule has 0 unspecified atom stereocenters. The van der Waals surface area contributed by atoms with Gasteiger partial charge in [0.1, 0.15) is 0 Å². The fourth-order valence-electron chi connectivity index (χ4n) is 2.78. The average molecular weight is 238 g/mol. The van der Waals surface area contributed by atoms with Gasteiger partial charge >= 0.3 is 6.09 Å². The number of nitrogens with zero attached hydrogens (tertiary/aromatic N) is 1. The third-order valence-electron chi connectivity index (χ3n) is 3.51. The van der Waals surface area contributed by atoms with Crippen molar-refractivity contribution in [2.24, 2.45) is 0 Å². The van der Waals surface area contributed by atoms with Gasteiger partial charge < -0.3 is 15.3 Å². The topological polar surface area (TPSA) is 69.6 Å². The minimum Gasteiger partial charge on any atom is -0.465 e. The number of amides is 2. The maximum atomic E-state index is 11.8. The zero-order valence-corrected chi connectivity index (χ0v) is 9.98. The van der Waals surface area contributed by atoms with Crippen molar-refractivity contribution in [1.29, 1.82) is 0 Å². The summed E-state index contributed by atoms with van der Waals surface area (Å²) in [6, 6.07) is -0.106. The molecular weight excluding hydrogens is 220 g/mol. The molecule has 2 amide bonds. The Morgan fingerprint density at radius 3 is 2.76 bits per heavy atom. The number of hydrogen-bond donors (Lipinski definition) is 2. The molecule has 5 heteroatoms. The van der Waals surface area contributed by atoms with Crippen molar-refractivity contribution in [3.8, 4) is 0 Å². The predicted octanol–water partition coefficient (Wildman–Crippen LogP) is 1.35. The van der Waals surface area contributed by atoms with Crippen LogP contribution in [0.2, 0.25) is 0 Å². The molecule has 17 heavy (non-hydrogen) atoms. The molecule has 0 saturated heterocycles. The van der Waals surface area contributed by atoms with Crippen molar-refractivity contribution >= 4 is 12.0 Å². The molecule has 2 aliphatic rings. The largest absolute Gasteiger partial charge is 0.465 e. The van der Waals surface area contributed by atoms with E-state index in [2.05, 4.69) is 5.32 Å². The molecule has 0 aromatic heterocycles. The molecule has 0 aromatic carbocycles. The van der Waals surface area contributed by atoms with Crippen molar-refractivity contribution < 1.29 is 14.7 Å². The van der Waals surface area contributed by atoms with E-state index in [0.717, 1.165) is 31.3 Å². The van der Waals surface area contributed by atoms with Crippen LogP contribution in [-0.4, -0.2) is 40.6 Å². The van der Waals surface area contributed by atoms with Crippen molar-refractivity contribution in [3.05, 3.63) is 11.6 Å². The summed E-state index contributed by atoms with van der Waals surface area (Å²) in [6.07, 6.45) is 4.43. The maximum absolute atomic E-state index is 11.8. The summed E-state index contributed by atoms with van der Waals surface area (Å²) in [5, 5.41) is 11.4. The standard InChI is InChI=1S/C12H18N2O3/c1-8-6-11(15)14(7-8)10-5-3-2-4-9(10)13-12(16)17/h6,9-10,13H,2-5,7H2,1H3,(H,16,17)/t9-,10-/m1/s1. The second-order valence-corrected chi connectivity index (χ2v) is 4.86. The quantitative estimate of drug-likeness (QED) is 0.763. The molecule has 0 bridgehead atoms. The van der Waals surface area contributed by atoms with Crippen LogP contribution >= 0.6 is 0 Å². The Morgan fingerprint density at radius 2 is 2.18 bits per heavy atom. The smallest absolute Gasteiger partial charge is 0.404 e. The SMILES string of the molecule is CC1=CC(=O)N([C@@H]2CCCC[C@H]2NC(=O)O)C1. The lowest BCUT2D eigenvalue weighted by Crippen LogP contribution is -2.53. The maximum Gasteiger partial charge on any atom is 0.404 e. The predicted molar refractivity (Wildman–Crippen MR) is 62.7 cm³/mol. The van der Waals surface area contributed by atoms with Crippen molar-refractivity contribution in [1.82, 2.24) is 10.2 Å². The lowest BCUT2D eigenvalue weighted by atomic mass is 9.89. The number of carbonyl (C=O) groups excluding carboxylic acids is 1. The molecule has 1 aliphatic carbocycles. The van der Waals surface area contributed by atoms with Crippen molar-refractivity contribution in [2.45, 2.75) is 44.7 Å². The Morgan fingerprint density at radius 1 is 1.47 bits per heavy atom. The van der Waals surface area contributed by atoms with Gasteiger partial charge in [-0.1, -0.05) is 12.8 Å². The van der Waals surface area contributed by atoms with E-state index in [9.17, 15) is 9.59 Å². The van der Waals surface area contributed by atoms with E-state index in [1.807, 2.05) is 6.92 Å². The van der Waals surface area contributed by atoms with Gasteiger partial charge in [0.25, 0.3) is 0 Å². The number of carbonyl (C=O) groups is 2. The Labute approximate surface area is 100 Å². The highest BCUT2D eigenvalue weighted by Gasteiger charge is 2.35. The van der Waals surface area contributed by atoms with Gasteiger partial charge in [0.2, 0.25) is 5.91 Å². The summed E-state index contributed by atoms with van der Waals surface area (Å²) >= 11 is 0. The van der Waals surface area contributed by atoms with Gasteiger partial charge in [-0.15, -0.1) is 0 Å². The van der Waals surface area contributed by atoms with Crippen LogP contribution in [0.1, 0.15) is 32.6 Å². The number of carboxylic acid groups (broad SMARTS) is 1. The van der Waals surface area contributed by atoms with Crippen LogP contribution in [0.15, 0.2) is 11.6 Å². The first-order chi connectivity index (χ1) is 8.08. The van der Waals surface area contributed by atoms with Crippen LogP contribution in [0, 0.1) is 0 Å². The van der Waals surface area contributed by atoms with E-state index in [-0.39, 0.29) is 18.0 Å². The Hall–Kier alpha value is -1.52. The molecule has 0 aromatic rings. The Balaban J connectivity index is 2.06. The molecule has 1 fully saturated rings. The fraction of sp³-hybridized carbons (Fsp3) is 0.667. The second kappa shape index (κ2) is 4.77. The first-order valence-corrected chi connectivity index (χ1v) is 6.05. The van der Waals surface area contributed by atoms with E-state index < -0.39 is 6.09 Å². The molecule has 1 heterocycles. The number of nitrogens with one attached hydrogen (secondary N) is 1. The normalized spacial score (nSPS) is 29.1. The molecule has 94 valence electrons. The first-order valence-electron chi connectivity index (χ1n) is 6.05. The molecule has 2 N–H and O–H groups in total. The highest BCUT2D eigenvalue weighted by molar-refractivity contribution is 5.91. The minimum absolute atomic E-state index is 0.0149. The molecular formula is C12H18N2O3. The van der Waals surface area contributed by atoms with Crippen LogP contribution in [0.4, 0.5) is 4.79 Å². The van der Waals surface area contributed by atoms with E-state index in [1.165, 1.54) is 0 Å². The summed E-state index contributed by atoms with van der Waals surface area (Å²) in [6.45, 7) is 2.57. The average Bonchev–Trinajstić information content (AvgIpc) is 2.58. The zero-order valence-electron chi connectivity index (χ0n) is 9.98. The minimum atomic E-state index is -1.00. The van der Waals surface area contributed by atoms with Crippen LogP contribution < -0.4 is 5.32 Å². The highest BCUT2D eigenvalue weighted by Crippen LogP contribution is 2.26. The van der Waals surface area contributed by atoms with Crippen molar-refractivity contribution in [2.75, 3.05) is 6.54 Å². The summed E-state index contributed by atoms with van der Waals surface area (Å²) < 4.78 is 0. The summed E-state index contributed by atoms with van der Waals surface area (Å²) in [5.41, 5.74) is 1.05. The summed E-state index contributed by atoms with van der Waals surface area (Å²) in [4.78, 5) is 24.3. The fourth-order valence-corrected chi connectivity index (χ4v) is 2.78. The third kappa shape index (κ3) is 2.60. The summed E-state index contributed by atoms with van der Waals surface area (Å²) in [7, 11) is 0. The zero-order chi connectivity index (χ0) is 12.4. The van der Waals surface area contributed by atoms with Crippen LogP contribution in [0.3, 0.4) is 0 Å². The van der Waals surface area contributed by atoms with Crippen LogP contribution in [0.5, 0.6) is 0 Å². The molecule has 2 atom stereocenters. The van der Waals surface area contributed by atoms with E-state index in [1.54, 1.807) is 11.0 Å². The van der Waals surface area contributed by atoms with Gasteiger partial charge in [0.05, 0.1) is 12.1 Å². The van der Waals surface area contributed by atoms with Gasteiger partial charge in [-0.3, -0.25) is 4.79 Å². The van der Waals surface area contributed by atoms with Gasteiger partial charge in [-0.05, 0) is 25.3 Å². The third-order valence-corrected chi connectivity index (χ3v) is 3.51. The van der Waals surface area contributed by atoms with E-state index >= 15 is 0 Å². The molecule has 1 saturated carbocycles. The lowest BCUT2D eigenvalue weighted by Gasteiger charge is -2.37. The van der Waals surface area contributed by atoms with Gasteiger partial charge in [-0.2, -0.15) is 0 Å².